The van der Waals surface area contributed by atoms with Crippen molar-refractivity contribution in [1.82, 2.24) is 14.8 Å². The van der Waals surface area contributed by atoms with Gasteiger partial charge in [-0.1, -0.05) is 36.4 Å². The number of aryl methyl sites for hydroxylation is 1. The summed E-state index contributed by atoms with van der Waals surface area (Å²) in [6, 6.07) is 15.4. The lowest BCUT2D eigenvalue weighted by Crippen LogP contribution is -2.31. The van der Waals surface area contributed by atoms with Crippen LogP contribution in [-0.4, -0.2) is 21.3 Å². The van der Waals surface area contributed by atoms with Crippen molar-refractivity contribution < 1.29 is 4.39 Å². The molecule has 0 spiro atoms. The summed E-state index contributed by atoms with van der Waals surface area (Å²) in [5.41, 5.74) is 7.14. The Labute approximate surface area is 181 Å². The number of rotatable bonds is 3. The number of anilines is 1. The Hall–Kier alpha value is -2.92. The van der Waals surface area contributed by atoms with Crippen LogP contribution < -0.4 is 4.90 Å². The van der Waals surface area contributed by atoms with E-state index in [4.69, 9.17) is 0 Å². The minimum absolute atomic E-state index is 0. The molecule has 1 aliphatic rings. The molecule has 4 aromatic rings. The first-order valence-corrected chi connectivity index (χ1v) is 9.99. The fourth-order valence-electron chi connectivity index (χ4n) is 4.38. The molecule has 0 fully saturated rings. The van der Waals surface area contributed by atoms with Crippen LogP contribution >= 0.6 is 12.4 Å². The number of hydrogen-bond acceptors (Lipinski definition) is 3. The fourth-order valence-corrected chi connectivity index (χ4v) is 4.38. The van der Waals surface area contributed by atoms with Crippen LogP contribution in [0.3, 0.4) is 0 Å². The highest BCUT2D eigenvalue weighted by Crippen LogP contribution is 2.33. The normalized spacial score (nSPS) is 13.2. The minimum Gasteiger partial charge on any atom is -0.349 e. The molecule has 6 heteroatoms. The van der Waals surface area contributed by atoms with Crippen LogP contribution in [0, 0.1) is 19.7 Å². The van der Waals surface area contributed by atoms with Gasteiger partial charge in [0, 0.05) is 30.7 Å². The molecule has 0 saturated heterocycles. The Morgan fingerprint density at radius 3 is 2.63 bits per heavy atom. The molecule has 1 aliphatic heterocycles. The van der Waals surface area contributed by atoms with E-state index in [-0.39, 0.29) is 18.2 Å². The standard InChI is InChI=1S/C24H23FN4.ClH/c1-16-17(2)29(14-18-6-5-9-21(25)12-18)23-22(16)13-26-27-24(23)28-11-10-19-7-3-4-8-20(19)15-28;/h3-9,12-13H,10-11,14-15H2,1-2H3;1H. The molecule has 2 aromatic heterocycles. The SMILES string of the molecule is Cc1c(C)n(Cc2cccc(F)c2)c2c(N3CCc4ccccc4C3)nncc12.Cl. The van der Waals surface area contributed by atoms with Crippen LogP contribution in [0.25, 0.3) is 10.9 Å². The second-order valence-corrected chi connectivity index (χ2v) is 7.80. The molecule has 154 valence electrons. The molecule has 2 aromatic carbocycles. The zero-order valence-electron chi connectivity index (χ0n) is 17.1. The van der Waals surface area contributed by atoms with E-state index in [0.717, 1.165) is 47.5 Å². The molecule has 0 amide bonds. The molecule has 0 radical (unpaired) electrons. The Morgan fingerprint density at radius 1 is 1.03 bits per heavy atom. The van der Waals surface area contributed by atoms with E-state index in [2.05, 4.69) is 57.8 Å². The van der Waals surface area contributed by atoms with Crippen LogP contribution in [0.1, 0.15) is 27.9 Å². The molecule has 0 N–H and O–H groups in total. The Kier molecular flexibility index (Phi) is 5.48. The van der Waals surface area contributed by atoms with Crippen LogP contribution in [0.2, 0.25) is 0 Å². The Bertz CT molecular complexity index is 1220. The highest BCUT2D eigenvalue weighted by molar-refractivity contribution is 5.93. The number of aromatic nitrogens is 3. The van der Waals surface area contributed by atoms with Gasteiger partial charge in [0.1, 0.15) is 5.82 Å². The van der Waals surface area contributed by atoms with E-state index in [0.29, 0.717) is 6.54 Å². The molecule has 0 bridgehead atoms. The maximum atomic E-state index is 13.8. The maximum absolute atomic E-state index is 13.8. The van der Waals surface area contributed by atoms with Gasteiger partial charge in [0.05, 0.1) is 11.7 Å². The third-order valence-corrected chi connectivity index (χ3v) is 6.09. The monoisotopic (exact) mass is 422 g/mol. The summed E-state index contributed by atoms with van der Waals surface area (Å²) in [6.45, 7) is 6.58. The number of hydrogen-bond donors (Lipinski definition) is 0. The van der Waals surface area contributed by atoms with E-state index in [1.807, 2.05) is 12.3 Å². The van der Waals surface area contributed by atoms with Crippen molar-refractivity contribution in [2.75, 3.05) is 11.4 Å². The number of benzene rings is 2. The van der Waals surface area contributed by atoms with Crippen molar-refractivity contribution in [1.29, 1.82) is 0 Å². The Morgan fingerprint density at radius 2 is 1.83 bits per heavy atom. The molecule has 0 saturated carbocycles. The van der Waals surface area contributed by atoms with Gasteiger partial charge in [-0.15, -0.1) is 17.5 Å². The van der Waals surface area contributed by atoms with E-state index >= 15 is 0 Å². The van der Waals surface area contributed by atoms with Crippen molar-refractivity contribution >= 4 is 29.1 Å². The van der Waals surface area contributed by atoms with Crippen molar-refractivity contribution in [2.45, 2.75) is 33.4 Å². The first kappa shape index (κ1) is 20.4. The van der Waals surface area contributed by atoms with Gasteiger partial charge in [0.15, 0.2) is 5.82 Å². The zero-order valence-corrected chi connectivity index (χ0v) is 17.9. The van der Waals surface area contributed by atoms with Gasteiger partial charge in [-0.2, -0.15) is 5.10 Å². The van der Waals surface area contributed by atoms with Crippen LogP contribution in [0.4, 0.5) is 10.2 Å². The lowest BCUT2D eigenvalue weighted by molar-refractivity contribution is 0.623. The van der Waals surface area contributed by atoms with Crippen LogP contribution in [0.15, 0.2) is 54.7 Å². The van der Waals surface area contributed by atoms with Gasteiger partial charge in [0.2, 0.25) is 0 Å². The third-order valence-electron chi connectivity index (χ3n) is 6.09. The minimum atomic E-state index is -0.207. The van der Waals surface area contributed by atoms with Gasteiger partial charge < -0.3 is 9.47 Å². The van der Waals surface area contributed by atoms with E-state index in [9.17, 15) is 4.39 Å². The molecule has 3 heterocycles. The first-order valence-electron chi connectivity index (χ1n) is 9.99. The summed E-state index contributed by atoms with van der Waals surface area (Å²) < 4.78 is 16.0. The van der Waals surface area contributed by atoms with Gasteiger partial charge >= 0.3 is 0 Å². The molecular weight excluding hydrogens is 399 g/mol. The van der Waals surface area contributed by atoms with Gasteiger partial charge in [-0.05, 0) is 54.7 Å². The molecule has 0 unspecified atom stereocenters. The van der Waals surface area contributed by atoms with E-state index in [1.54, 1.807) is 12.1 Å². The largest absolute Gasteiger partial charge is 0.349 e. The second kappa shape index (κ2) is 8.07. The molecule has 30 heavy (non-hydrogen) atoms. The molecule has 5 rings (SSSR count). The topological polar surface area (TPSA) is 34.0 Å². The summed E-state index contributed by atoms with van der Waals surface area (Å²) >= 11 is 0. The van der Waals surface area contributed by atoms with Crippen LogP contribution in [0.5, 0.6) is 0 Å². The summed E-state index contributed by atoms with van der Waals surface area (Å²) in [7, 11) is 0. The van der Waals surface area contributed by atoms with Crippen molar-refractivity contribution in [3.63, 3.8) is 0 Å². The van der Waals surface area contributed by atoms with Crippen molar-refractivity contribution in [3.8, 4) is 0 Å². The molecule has 0 atom stereocenters. The highest BCUT2D eigenvalue weighted by atomic mass is 35.5. The third kappa shape index (κ3) is 3.43. The summed E-state index contributed by atoms with van der Waals surface area (Å²) in [6.07, 6.45) is 2.85. The lowest BCUT2D eigenvalue weighted by Gasteiger charge is -2.30. The molecule has 4 nitrogen and oxygen atoms in total. The van der Waals surface area contributed by atoms with Crippen molar-refractivity contribution in [2.24, 2.45) is 0 Å². The van der Waals surface area contributed by atoms with Gasteiger partial charge in [0.25, 0.3) is 0 Å². The first-order chi connectivity index (χ1) is 14.1. The maximum Gasteiger partial charge on any atom is 0.176 e. The summed E-state index contributed by atoms with van der Waals surface area (Å²) in [4.78, 5) is 2.32. The van der Waals surface area contributed by atoms with Crippen LogP contribution in [-0.2, 0) is 19.5 Å². The zero-order chi connectivity index (χ0) is 20.0. The number of fused-ring (bicyclic) bond motifs is 2. The summed E-state index contributed by atoms with van der Waals surface area (Å²) in [5, 5.41) is 9.99. The molecule has 0 aliphatic carbocycles. The van der Waals surface area contributed by atoms with Crippen molar-refractivity contribution in [3.05, 3.63) is 88.5 Å². The average Bonchev–Trinajstić information content (AvgIpc) is 2.98. The average molecular weight is 423 g/mol. The smallest absolute Gasteiger partial charge is 0.176 e. The van der Waals surface area contributed by atoms with Gasteiger partial charge in [-0.3, -0.25) is 0 Å². The highest BCUT2D eigenvalue weighted by Gasteiger charge is 2.23. The van der Waals surface area contributed by atoms with Gasteiger partial charge in [-0.25, -0.2) is 4.39 Å². The number of nitrogens with zero attached hydrogens (tertiary/aromatic N) is 4. The summed E-state index contributed by atoms with van der Waals surface area (Å²) in [5.74, 6) is 0.700. The second-order valence-electron chi connectivity index (χ2n) is 7.80. The molecular formula is C24H24ClFN4. The fraction of sp³-hybridized carbons (Fsp3) is 0.250. The predicted molar refractivity (Wildman–Crippen MR) is 121 cm³/mol. The Balaban J connectivity index is 0.00000218. The lowest BCUT2D eigenvalue weighted by atomic mass is 10.00. The van der Waals surface area contributed by atoms with E-state index in [1.165, 1.54) is 22.8 Å². The predicted octanol–water partition coefficient (Wildman–Crippen LogP) is 5.22. The quantitative estimate of drug-likeness (QED) is 0.454. The van der Waals surface area contributed by atoms with E-state index < -0.39 is 0 Å². The number of halogens is 2.